The van der Waals surface area contributed by atoms with Gasteiger partial charge in [-0.2, -0.15) is 0 Å². The predicted molar refractivity (Wildman–Crippen MR) is 115 cm³/mol. The molecule has 0 aliphatic heterocycles. The largest absolute Gasteiger partial charge is 0.358 e. The molecule has 3 nitrogen and oxygen atoms in total. The summed E-state index contributed by atoms with van der Waals surface area (Å²) in [5.74, 6) is 0. The lowest BCUT2D eigenvalue weighted by atomic mass is 10.0. The van der Waals surface area contributed by atoms with Crippen molar-refractivity contribution in [1.29, 1.82) is 0 Å². The van der Waals surface area contributed by atoms with Crippen molar-refractivity contribution in [1.82, 2.24) is 4.98 Å². The zero-order valence-corrected chi connectivity index (χ0v) is 17.2. The van der Waals surface area contributed by atoms with Gasteiger partial charge in [0, 0.05) is 27.2 Å². The fourth-order valence-electron chi connectivity index (χ4n) is 3.67. The molecule has 0 saturated heterocycles. The number of rotatable bonds is 4. The number of hydrogen-bond acceptors (Lipinski definition) is 2. The molecule has 0 aliphatic carbocycles. The molecule has 1 unspecified atom stereocenters. The topological polar surface area (TPSA) is 49.9 Å². The van der Waals surface area contributed by atoms with Crippen LogP contribution in [0.3, 0.4) is 0 Å². The Morgan fingerprint density at radius 1 is 0.857 bits per heavy atom. The average Bonchev–Trinajstić information content (AvgIpc) is 3.00. The molecule has 0 spiro atoms. The van der Waals surface area contributed by atoms with E-state index in [1.807, 2.05) is 62.4 Å². The minimum Gasteiger partial charge on any atom is -0.358 e. The molecule has 0 saturated carbocycles. The van der Waals surface area contributed by atoms with Gasteiger partial charge in [-0.25, -0.2) is 8.42 Å². The molecule has 0 bridgehead atoms. The van der Waals surface area contributed by atoms with Crippen molar-refractivity contribution in [2.24, 2.45) is 0 Å². The van der Waals surface area contributed by atoms with E-state index in [2.05, 4.69) is 4.98 Å². The zero-order chi connectivity index (χ0) is 19.9. The summed E-state index contributed by atoms with van der Waals surface area (Å²) in [5, 5.41) is 0.425. The first-order valence-electron chi connectivity index (χ1n) is 9.02. The molecule has 3 aromatic carbocycles. The van der Waals surface area contributed by atoms with Crippen LogP contribution < -0.4 is 0 Å². The smallest absolute Gasteiger partial charge is 0.189 e. The van der Waals surface area contributed by atoms with Crippen molar-refractivity contribution >= 4 is 32.3 Å². The standard InChI is InChI=1S/C23H20ClNO2S/c1-15-11-13-17(14-12-15)28(26,27)23(18-7-3-5-9-20(18)24)22-16(2)25-21-10-6-4-8-19(21)22/h3-14,23,25H,1-2H3. The molecule has 1 atom stereocenters. The van der Waals surface area contributed by atoms with Gasteiger partial charge in [-0.05, 0) is 43.7 Å². The maximum absolute atomic E-state index is 13.8. The van der Waals surface area contributed by atoms with Crippen LogP contribution in [-0.4, -0.2) is 13.4 Å². The van der Waals surface area contributed by atoms with E-state index in [1.54, 1.807) is 24.3 Å². The van der Waals surface area contributed by atoms with Gasteiger partial charge in [-0.15, -0.1) is 0 Å². The number of nitrogens with one attached hydrogen (secondary N) is 1. The van der Waals surface area contributed by atoms with Gasteiger partial charge in [0.05, 0.1) is 4.90 Å². The van der Waals surface area contributed by atoms with Crippen molar-refractivity contribution in [3.63, 3.8) is 0 Å². The molecule has 1 aromatic heterocycles. The summed E-state index contributed by atoms with van der Waals surface area (Å²) in [5.41, 5.74) is 4.06. The lowest BCUT2D eigenvalue weighted by Gasteiger charge is -2.20. The van der Waals surface area contributed by atoms with E-state index in [4.69, 9.17) is 11.6 Å². The highest BCUT2D eigenvalue weighted by molar-refractivity contribution is 7.92. The van der Waals surface area contributed by atoms with E-state index in [0.29, 0.717) is 10.6 Å². The first-order valence-corrected chi connectivity index (χ1v) is 10.9. The number of hydrogen-bond donors (Lipinski definition) is 1. The summed E-state index contributed by atoms with van der Waals surface area (Å²) in [4.78, 5) is 3.61. The van der Waals surface area contributed by atoms with Crippen LogP contribution in [0.25, 0.3) is 10.9 Å². The van der Waals surface area contributed by atoms with Crippen LogP contribution in [0.15, 0.2) is 77.7 Å². The first kappa shape index (κ1) is 18.8. The fraction of sp³-hybridized carbons (Fsp3) is 0.130. The van der Waals surface area contributed by atoms with Gasteiger partial charge in [-0.3, -0.25) is 0 Å². The summed E-state index contributed by atoms with van der Waals surface area (Å²) in [6.07, 6.45) is 0. The Morgan fingerprint density at radius 3 is 2.21 bits per heavy atom. The normalized spacial score (nSPS) is 13.0. The number of benzene rings is 3. The van der Waals surface area contributed by atoms with Crippen molar-refractivity contribution < 1.29 is 8.42 Å². The van der Waals surface area contributed by atoms with E-state index >= 15 is 0 Å². The summed E-state index contributed by atoms with van der Waals surface area (Å²) in [6.45, 7) is 3.84. The van der Waals surface area contributed by atoms with E-state index in [1.165, 1.54) is 0 Å². The highest BCUT2D eigenvalue weighted by Crippen LogP contribution is 2.42. The zero-order valence-electron chi connectivity index (χ0n) is 15.6. The quantitative estimate of drug-likeness (QED) is 0.449. The van der Waals surface area contributed by atoms with Gasteiger partial charge in [-0.1, -0.05) is 65.7 Å². The Labute approximate surface area is 169 Å². The summed E-state index contributed by atoms with van der Waals surface area (Å²) in [6, 6.07) is 21.9. The fourth-order valence-corrected chi connectivity index (χ4v) is 5.92. The highest BCUT2D eigenvalue weighted by Gasteiger charge is 2.35. The average molecular weight is 410 g/mol. The van der Waals surface area contributed by atoms with Crippen LogP contribution in [0.1, 0.15) is 27.6 Å². The highest BCUT2D eigenvalue weighted by atomic mass is 35.5. The minimum absolute atomic E-state index is 0.285. The number of H-pyrrole nitrogens is 1. The third kappa shape index (κ3) is 3.13. The lowest BCUT2D eigenvalue weighted by Crippen LogP contribution is -2.16. The van der Waals surface area contributed by atoms with Crippen molar-refractivity contribution in [3.8, 4) is 0 Å². The number of halogens is 1. The van der Waals surface area contributed by atoms with Gasteiger partial charge >= 0.3 is 0 Å². The van der Waals surface area contributed by atoms with Gasteiger partial charge in [0.25, 0.3) is 0 Å². The Balaban J connectivity index is 2.04. The Hall–Kier alpha value is -2.56. The second-order valence-corrected chi connectivity index (χ2v) is 9.41. The number of fused-ring (bicyclic) bond motifs is 1. The molecule has 1 heterocycles. The number of aryl methyl sites for hydroxylation is 2. The minimum atomic E-state index is -3.73. The van der Waals surface area contributed by atoms with Gasteiger partial charge in [0.2, 0.25) is 0 Å². The van der Waals surface area contributed by atoms with Crippen molar-refractivity contribution in [2.45, 2.75) is 24.0 Å². The molecule has 1 N–H and O–H groups in total. The molecule has 4 aromatic rings. The maximum atomic E-state index is 13.8. The number of para-hydroxylation sites is 1. The Kier molecular flexibility index (Phi) is 4.77. The number of aromatic amines is 1. The van der Waals surface area contributed by atoms with Crippen LogP contribution in [-0.2, 0) is 9.84 Å². The third-order valence-corrected chi connectivity index (χ3v) is 7.44. The molecule has 4 rings (SSSR count). The van der Waals surface area contributed by atoms with Gasteiger partial charge in [0.1, 0.15) is 5.25 Å². The third-order valence-electron chi connectivity index (χ3n) is 5.05. The molecule has 0 fully saturated rings. The summed E-state index contributed by atoms with van der Waals surface area (Å²) in [7, 11) is -3.73. The van der Waals surface area contributed by atoms with Crippen LogP contribution in [0.4, 0.5) is 0 Å². The molecule has 28 heavy (non-hydrogen) atoms. The van der Waals surface area contributed by atoms with E-state index in [-0.39, 0.29) is 4.90 Å². The van der Waals surface area contributed by atoms with Crippen LogP contribution in [0.2, 0.25) is 5.02 Å². The van der Waals surface area contributed by atoms with E-state index in [9.17, 15) is 8.42 Å². The lowest BCUT2D eigenvalue weighted by molar-refractivity contribution is 0.589. The molecular formula is C23H20ClNO2S. The van der Waals surface area contributed by atoms with Crippen LogP contribution >= 0.6 is 11.6 Å². The maximum Gasteiger partial charge on any atom is 0.189 e. The van der Waals surface area contributed by atoms with Crippen molar-refractivity contribution in [2.75, 3.05) is 0 Å². The van der Waals surface area contributed by atoms with Gasteiger partial charge < -0.3 is 4.98 Å². The van der Waals surface area contributed by atoms with E-state index in [0.717, 1.165) is 27.7 Å². The first-order chi connectivity index (χ1) is 13.4. The van der Waals surface area contributed by atoms with Crippen LogP contribution in [0.5, 0.6) is 0 Å². The molecule has 5 heteroatoms. The Morgan fingerprint density at radius 2 is 1.50 bits per heavy atom. The van der Waals surface area contributed by atoms with Gasteiger partial charge in [0.15, 0.2) is 9.84 Å². The SMILES string of the molecule is Cc1ccc(S(=O)(=O)C(c2ccccc2Cl)c2c(C)[nH]c3ccccc23)cc1. The molecule has 0 radical (unpaired) electrons. The monoisotopic (exact) mass is 409 g/mol. The summed E-state index contributed by atoms with van der Waals surface area (Å²) >= 11 is 6.48. The molecular weight excluding hydrogens is 390 g/mol. The van der Waals surface area contributed by atoms with Crippen molar-refractivity contribution in [3.05, 3.63) is 100 Å². The van der Waals surface area contributed by atoms with Crippen LogP contribution in [0, 0.1) is 13.8 Å². The second kappa shape index (κ2) is 7.12. The number of sulfone groups is 1. The second-order valence-electron chi connectivity index (χ2n) is 6.97. The summed E-state index contributed by atoms with van der Waals surface area (Å²) < 4.78 is 27.6. The molecule has 142 valence electrons. The molecule has 0 amide bonds. The number of aromatic nitrogens is 1. The molecule has 0 aliphatic rings. The predicted octanol–water partition coefficient (Wildman–Crippen LogP) is 6.00. The Bertz CT molecular complexity index is 1260. The van der Waals surface area contributed by atoms with E-state index < -0.39 is 15.1 Å².